The van der Waals surface area contributed by atoms with Crippen molar-refractivity contribution >= 4 is 17.5 Å². The summed E-state index contributed by atoms with van der Waals surface area (Å²) in [5.74, 6) is 1.77. The van der Waals surface area contributed by atoms with E-state index in [0.717, 1.165) is 27.5 Å². The van der Waals surface area contributed by atoms with Gasteiger partial charge < -0.3 is 4.74 Å². The van der Waals surface area contributed by atoms with Crippen molar-refractivity contribution in [2.45, 2.75) is 10.8 Å². The Hall–Kier alpha value is -1.74. The number of hydrogen-bond acceptors (Lipinski definition) is 3. The van der Waals surface area contributed by atoms with Gasteiger partial charge in [-0.25, -0.2) is 0 Å². The number of ketones is 1. The molecule has 3 rings (SSSR count). The van der Waals surface area contributed by atoms with Crippen LogP contribution in [0.4, 0.5) is 0 Å². The van der Waals surface area contributed by atoms with Gasteiger partial charge >= 0.3 is 0 Å². The van der Waals surface area contributed by atoms with E-state index in [2.05, 4.69) is 0 Å². The van der Waals surface area contributed by atoms with Crippen molar-refractivity contribution in [1.82, 2.24) is 0 Å². The van der Waals surface area contributed by atoms with Gasteiger partial charge in [-0.3, -0.25) is 4.79 Å². The number of hydrogen-bond donors (Lipinski definition) is 0. The number of ether oxygens (including phenoxy) is 1. The molecule has 1 aliphatic rings. The lowest BCUT2D eigenvalue weighted by Gasteiger charge is -2.23. The maximum atomic E-state index is 12.6. The van der Waals surface area contributed by atoms with Crippen LogP contribution < -0.4 is 4.74 Å². The van der Waals surface area contributed by atoms with Crippen LogP contribution in [0.2, 0.25) is 0 Å². The average molecular weight is 270 g/mol. The SMILES string of the molecule is COc1ccc2c(c1)SCC(c1ccccc1)C2=O. The van der Waals surface area contributed by atoms with Crippen molar-refractivity contribution < 1.29 is 9.53 Å². The molecule has 2 aromatic carbocycles. The van der Waals surface area contributed by atoms with E-state index in [-0.39, 0.29) is 11.7 Å². The van der Waals surface area contributed by atoms with Crippen LogP contribution in [-0.2, 0) is 0 Å². The van der Waals surface area contributed by atoms with E-state index in [4.69, 9.17) is 4.74 Å². The Morgan fingerprint density at radius 2 is 1.95 bits per heavy atom. The minimum Gasteiger partial charge on any atom is -0.497 e. The lowest BCUT2D eigenvalue weighted by Crippen LogP contribution is -2.20. The molecular weight excluding hydrogens is 256 g/mol. The number of methoxy groups -OCH3 is 1. The highest BCUT2D eigenvalue weighted by Gasteiger charge is 2.29. The summed E-state index contributed by atoms with van der Waals surface area (Å²) in [7, 11) is 1.64. The number of fused-ring (bicyclic) bond motifs is 1. The highest BCUT2D eigenvalue weighted by atomic mass is 32.2. The van der Waals surface area contributed by atoms with Crippen LogP contribution >= 0.6 is 11.8 Å². The van der Waals surface area contributed by atoms with Gasteiger partial charge in [0.25, 0.3) is 0 Å². The van der Waals surface area contributed by atoms with E-state index in [9.17, 15) is 4.79 Å². The largest absolute Gasteiger partial charge is 0.497 e. The summed E-state index contributed by atoms with van der Waals surface area (Å²) >= 11 is 1.72. The van der Waals surface area contributed by atoms with Gasteiger partial charge in [0.1, 0.15) is 5.75 Å². The molecule has 0 amide bonds. The predicted molar refractivity (Wildman–Crippen MR) is 77.2 cm³/mol. The van der Waals surface area contributed by atoms with Crippen LogP contribution in [0.1, 0.15) is 21.8 Å². The first-order chi connectivity index (χ1) is 9.29. The Morgan fingerprint density at radius 1 is 1.16 bits per heavy atom. The summed E-state index contributed by atoms with van der Waals surface area (Å²) in [6, 6.07) is 15.7. The first-order valence-electron chi connectivity index (χ1n) is 6.19. The van der Waals surface area contributed by atoms with Gasteiger partial charge in [0.15, 0.2) is 5.78 Å². The zero-order valence-corrected chi connectivity index (χ0v) is 11.4. The van der Waals surface area contributed by atoms with Crippen LogP contribution in [0.25, 0.3) is 0 Å². The molecule has 19 heavy (non-hydrogen) atoms. The summed E-state index contributed by atoms with van der Waals surface area (Å²) in [4.78, 5) is 13.6. The first-order valence-corrected chi connectivity index (χ1v) is 7.18. The molecule has 0 aliphatic carbocycles. The summed E-state index contributed by atoms with van der Waals surface area (Å²) in [6.45, 7) is 0. The van der Waals surface area contributed by atoms with Crippen molar-refractivity contribution in [3.8, 4) is 5.75 Å². The lowest BCUT2D eigenvalue weighted by atomic mass is 9.91. The number of rotatable bonds is 2. The van der Waals surface area contributed by atoms with E-state index < -0.39 is 0 Å². The van der Waals surface area contributed by atoms with E-state index in [1.54, 1.807) is 18.9 Å². The summed E-state index contributed by atoms with van der Waals surface area (Å²) in [6.07, 6.45) is 0. The zero-order valence-electron chi connectivity index (χ0n) is 10.6. The Kier molecular flexibility index (Phi) is 3.30. The molecule has 0 radical (unpaired) electrons. The van der Waals surface area contributed by atoms with E-state index in [1.807, 2.05) is 48.5 Å². The molecule has 3 heteroatoms. The summed E-state index contributed by atoms with van der Waals surface area (Å²) in [5.41, 5.74) is 1.91. The average Bonchev–Trinajstić information content (AvgIpc) is 2.48. The van der Waals surface area contributed by atoms with Crippen LogP contribution in [0.3, 0.4) is 0 Å². The fourth-order valence-electron chi connectivity index (χ4n) is 2.32. The molecule has 2 aromatic rings. The lowest BCUT2D eigenvalue weighted by molar-refractivity contribution is 0.0962. The van der Waals surface area contributed by atoms with Gasteiger partial charge in [-0.05, 0) is 23.8 Å². The monoisotopic (exact) mass is 270 g/mol. The highest BCUT2D eigenvalue weighted by Crippen LogP contribution is 2.39. The second-order valence-corrected chi connectivity index (χ2v) is 5.56. The molecule has 0 saturated carbocycles. The minimum absolute atomic E-state index is 0.0351. The molecular formula is C16H14O2S. The molecule has 0 fully saturated rings. The molecule has 96 valence electrons. The molecule has 1 unspecified atom stereocenters. The standard InChI is InChI=1S/C16H14O2S/c1-18-12-7-8-13-15(9-12)19-10-14(16(13)17)11-5-3-2-4-6-11/h2-9,14H,10H2,1H3. The van der Waals surface area contributed by atoms with Crippen LogP contribution in [-0.4, -0.2) is 18.6 Å². The van der Waals surface area contributed by atoms with Crippen LogP contribution in [0.5, 0.6) is 5.75 Å². The summed E-state index contributed by atoms with van der Waals surface area (Å²) < 4.78 is 5.20. The molecule has 0 N–H and O–H groups in total. The third kappa shape index (κ3) is 2.26. The predicted octanol–water partition coefficient (Wildman–Crippen LogP) is 3.77. The van der Waals surface area contributed by atoms with E-state index in [1.165, 1.54) is 0 Å². The van der Waals surface area contributed by atoms with Crippen LogP contribution in [0, 0.1) is 0 Å². The molecule has 0 saturated heterocycles. The molecule has 0 bridgehead atoms. The smallest absolute Gasteiger partial charge is 0.172 e. The van der Waals surface area contributed by atoms with Crippen LogP contribution in [0.15, 0.2) is 53.4 Å². The molecule has 0 aromatic heterocycles. The Bertz CT molecular complexity index is 607. The maximum absolute atomic E-state index is 12.6. The third-order valence-electron chi connectivity index (χ3n) is 3.38. The van der Waals surface area contributed by atoms with E-state index >= 15 is 0 Å². The molecule has 0 spiro atoms. The van der Waals surface area contributed by atoms with Gasteiger partial charge in [0.2, 0.25) is 0 Å². The summed E-state index contributed by atoms with van der Waals surface area (Å²) in [5, 5.41) is 0. The highest BCUT2D eigenvalue weighted by molar-refractivity contribution is 7.99. The molecule has 1 atom stereocenters. The van der Waals surface area contributed by atoms with Gasteiger partial charge in [0, 0.05) is 16.2 Å². The second kappa shape index (κ2) is 5.10. The van der Waals surface area contributed by atoms with Crippen molar-refractivity contribution in [2.24, 2.45) is 0 Å². The normalized spacial score (nSPS) is 17.9. The number of Topliss-reactive ketones (excluding diaryl/α,β-unsaturated/α-hetero) is 1. The second-order valence-electron chi connectivity index (χ2n) is 4.50. The number of benzene rings is 2. The quantitative estimate of drug-likeness (QED) is 0.831. The van der Waals surface area contributed by atoms with Gasteiger partial charge in [-0.15, -0.1) is 11.8 Å². The van der Waals surface area contributed by atoms with Gasteiger partial charge in [-0.1, -0.05) is 30.3 Å². The fourth-order valence-corrected chi connectivity index (χ4v) is 3.54. The Morgan fingerprint density at radius 3 is 2.68 bits per heavy atom. The van der Waals surface area contributed by atoms with Crippen molar-refractivity contribution in [2.75, 3.05) is 12.9 Å². The van der Waals surface area contributed by atoms with Crippen molar-refractivity contribution in [1.29, 1.82) is 0 Å². The molecule has 1 aliphatic heterocycles. The number of carbonyl (C=O) groups is 1. The number of carbonyl (C=O) groups excluding carboxylic acids is 1. The Labute approximate surface area is 116 Å². The van der Waals surface area contributed by atoms with Crippen molar-refractivity contribution in [3.05, 3.63) is 59.7 Å². The topological polar surface area (TPSA) is 26.3 Å². The maximum Gasteiger partial charge on any atom is 0.172 e. The number of thioether (sulfide) groups is 1. The zero-order chi connectivity index (χ0) is 13.2. The minimum atomic E-state index is -0.0351. The van der Waals surface area contributed by atoms with Crippen molar-refractivity contribution in [3.63, 3.8) is 0 Å². The fraction of sp³-hybridized carbons (Fsp3) is 0.188. The molecule has 1 heterocycles. The third-order valence-corrected chi connectivity index (χ3v) is 4.53. The van der Waals surface area contributed by atoms with Gasteiger partial charge in [0.05, 0.1) is 13.0 Å². The molecule has 2 nitrogen and oxygen atoms in total. The first kappa shape index (κ1) is 12.3. The Balaban J connectivity index is 1.97. The van der Waals surface area contributed by atoms with E-state index in [0.29, 0.717) is 0 Å². The van der Waals surface area contributed by atoms with Gasteiger partial charge in [-0.2, -0.15) is 0 Å².